The number of fused-ring (bicyclic) bond motifs is 2. The highest BCUT2D eigenvalue weighted by molar-refractivity contribution is 8.00. The Bertz CT molecular complexity index is 1750. The molecule has 3 heterocycles. The Morgan fingerprint density at radius 1 is 0.929 bits per heavy atom. The monoisotopic (exact) mass is 611 g/mol. The van der Waals surface area contributed by atoms with Gasteiger partial charge in [0.05, 0.1) is 27.9 Å². The molecule has 3 atom stereocenters. The number of nitrogens with zero attached hydrogens (tertiary/aromatic N) is 1. The van der Waals surface area contributed by atoms with E-state index >= 15 is 0 Å². The number of hydrogen-bond acceptors (Lipinski definition) is 7. The largest absolute Gasteiger partial charge is 0.483 e. The van der Waals surface area contributed by atoms with Crippen molar-refractivity contribution in [3.8, 4) is 5.75 Å². The molecule has 1 saturated heterocycles. The van der Waals surface area contributed by atoms with Crippen molar-refractivity contribution in [2.45, 2.75) is 22.4 Å². The number of para-hydroxylation sites is 3. The number of thiazole rings is 1. The second-order valence-corrected chi connectivity index (χ2v) is 11.7. The molecule has 0 spiro atoms. The van der Waals surface area contributed by atoms with Crippen molar-refractivity contribution in [3.63, 3.8) is 0 Å². The van der Waals surface area contributed by atoms with Gasteiger partial charge >= 0.3 is 11.0 Å². The van der Waals surface area contributed by atoms with Crippen molar-refractivity contribution in [1.29, 1.82) is 0 Å². The summed E-state index contributed by atoms with van der Waals surface area (Å²) < 4.78 is 45.9. The SMILES string of the molecule is O=C(COc1ccccc1[C@@H]1c2sc(=O)[nH]c2S[C@H]2C(=O)N(c3ccccc3)C(=O)[C@@H]12)Nc1ccccc1C(F)(F)F. The molecule has 214 valence electrons. The molecule has 3 amide bonds. The average molecular weight is 612 g/mol. The van der Waals surface area contributed by atoms with E-state index in [1.54, 1.807) is 54.6 Å². The zero-order valence-electron chi connectivity index (χ0n) is 21.4. The maximum absolute atomic E-state index is 13.9. The van der Waals surface area contributed by atoms with Crippen molar-refractivity contribution < 1.29 is 32.3 Å². The Kier molecular flexibility index (Phi) is 7.15. The van der Waals surface area contributed by atoms with Crippen molar-refractivity contribution in [2.24, 2.45) is 5.92 Å². The van der Waals surface area contributed by atoms with Crippen LogP contribution in [0.25, 0.3) is 0 Å². The predicted molar refractivity (Wildman–Crippen MR) is 151 cm³/mol. The van der Waals surface area contributed by atoms with Gasteiger partial charge in [-0.15, -0.1) is 0 Å². The number of thioether (sulfide) groups is 1. The summed E-state index contributed by atoms with van der Waals surface area (Å²) >= 11 is 2.06. The molecule has 2 aliphatic heterocycles. The summed E-state index contributed by atoms with van der Waals surface area (Å²) in [6.45, 7) is -0.627. The molecule has 3 aromatic carbocycles. The first-order valence-electron chi connectivity index (χ1n) is 12.6. The van der Waals surface area contributed by atoms with Gasteiger partial charge in [0.1, 0.15) is 11.0 Å². The summed E-state index contributed by atoms with van der Waals surface area (Å²) in [5.74, 6) is -3.11. The minimum atomic E-state index is -4.67. The number of anilines is 2. The van der Waals surface area contributed by atoms with Crippen LogP contribution in [0.1, 0.15) is 21.9 Å². The highest BCUT2D eigenvalue weighted by Crippen LogP contribution is 2.54. The number of aromatic nitrogens is 1. The van der Waals surface area contributed by atoms with Gasteiger partial charge in [-0.05, 0) is 30.3 Å². The van der Waals surface area contributed by atoms with E-state index in [4.69, 9.17) is 4.74 Å². The average Bonchev–Trinajstić information content (AvgIpc) is 3.46. The number of benzene rings is 3. The molecular formula is C29H20F3N3O5S2. The predicted octanol–water partition coefficient (Wildman–Crippen LogP) is 5.27. The van der Waals surface area contributed by atoms with Crippen LogP contribution in [-0.4, -0.2) is 34.6 Å². The summed E-state index contributed by atoms with van der Waals surface area (Å²) in [6, 6.07) is 19.7. The molecule has 0 aliphatic carbocycles. The number of alkyl halides is 3. The third kappa shape index (κ3) is 4.98. The van der Waals surface area contributed by atoms with Gasteiger partial charge in [0.15, 0.2) is 6.61 Å². The first-order chi connectivity index (χ1) is 20.1. The van der Waals surface area contributed by atoms with Crippen LogP contribution in [0, 0.1) is 5.92 Å². The van der Waals surface area contributed by atoms with E-state index in [2.05, 4.69) is 10.3 Å². The molecule has 0 unspecified atom stereocenters. The number of halogens is 3. The zero-order valence-corrected chi connectivity index (χ0v) is 23.0. The van der Waals surface area contributed by atoms with E-state index in [0.717, 1.165) is 40.1 Å². The highest BCUT2D eigenvalue weighted by atomic mass is 32.2. The maximum atomic E-state index is 13.9. The van der Waals surface area contributed by atoms with Crippen LogP contribution in [0.5, 0.6) is 5.75 Å². The van der Waals surface area contributed by atoms with Crippen molar-refractivity contribution in [2.75, 3.05) is 16.8 Å². The Morgan fingerprint density at radius 2 is 1.62 bits per heavy atom. The van der Waals surface area contributed by atoms with Crippen LogP contribution in [0.2, 0.25) is 0 Å². The molecule has 0 bridgehead atoms. The van der Waals surface area contributed by atoms with Crippen molar-refractivity contribution >= 4 is 52.2 Å². The standard InChI is InChI=1S/C29H20F3N3O5S2/c30-29(31,32)17-11-5-6-12-18(17)33-20(36)14-40-19-13-7-4-10-16(19)21-22-24(41-25-23(21)42-28(39)34-25)27(38)35(26(22)37)15-8-2-1-3-9-15/h1-13,21-22,24H,14H2,(H,33,36)(H,34,39)/t21-,22-,24+/m0/s1. The van der Waals surface area contributed by atoms with Crippen molar-refractivity contribution in [3.05, 3.63) is 105 Å². The molecule has 2 N–H and O–H groups in total. The molecule has 1 fully saturated rings. The van der Waals surface area contributed by atoms with E-state index < -0.39 is 58.8 Å². The summed E-state index contributed by atoms with van der Waals surface area (Å²) in [6.07, 6.45) is -4.67. The van der Waals surface area contributed by atoms with Crippen molar-refractivity contribution in [1.82, 2.24) is 4.98 Å². The Hall–Kier alpha value is -4.36. The number of aromatic amines is 1. The summed E-state index contributed by atoms with van der Waals surface area (Å²) in [5, 5.41) is 1.89. The van der Waals surface area contributed by atoms with Crippen LogP contribution < -0.4 is 19.8 Å². The normalized spacial score (nSPS) is 19.8. The third-order valence-electron chi connectivity index (χ3n) is 6.96. The molecule has 6 rings (SSSR count). The first-order valence-corrected chi connectivity index (χ1v) is 14.3. The smallest absolute Gasteiger partial charge is 0.418 e. The number of nitrogens with one attached hydrogen (secondary N) is 2. The van der Waals surface area contributed by atoms with E-state index in [1.807, 2.05) is 0 Å². The van der Waals surface area contributed by atoms with E-state index in [9.17, 15) is 32.3 Å². The Labute approximate surface area is 244 Å². The molecule has 0 saturated carbocycles. The number of carbonyl (C=O) groups excluding carboxylic acids is 3. The van der Waals surface area contributed by atoms with Gasteiger partial charge in [-0.25, -0.2) is 4.90 Å². The number of carbonyl (C=O) groups is 3. The topological polar surface area (TPSA) is 109 Å². The lowest BCUT2D eigenvalue weighted by Crippen LogP contribution is -2.32. The van der Waals surface area contributed by atoms with Gasteiger partial charge < -0.3 is 15.0 Å². The van der Waals surface area contributed by atoms with Gasteiger partial charge in [-0.3, -0.25) is 19.2 Å². The number of hydrogen-bond donors (Lipinski definition) is 2. The van der Waals surface area contributed by atoms with Crippen LogP contribution in [0.3, 0.4) is 0 Å². The highest BCUT2D eigenvalue weighted by Gasteiger charge is 2.56. The molecule has 13 heteroatoms. The van der Waals surface area contributed by atoms with Gasteiger partial charge in [-0.1, -0.05) is 71.6 Å². The van der Waals surface area contributed by atoms with E-state index in [-0.39, 0.29) is 10.6 Å². The van der Waals surface area contributed by atoms with Crippen LogP contribution in [0.4, 0.5) is 24.5 Å². The molecule has 8 nitrogen and oxygen atoms in total. The summed E-state index contributed by atoms with van der Waals surface area (Å²) in [4.78, 5) is 56.6. The summed E-state index contributed by atoms with van der Waals surface area (Å²) in [7, 11) is 0. The van der Waals surface area contributed by atoms with Gasteiger partial charge in [-0.2, -0.15) is 13.2 Å². The number of H-pyrrole nitrogens is 1. The lowest BCUT2D eigenvalue weighted by atomic mass is 9.82. The number of amides is 3. The number of ether oxygens (including phenoxy) is 1. The van der Waals surface area contributed by atoms with E-state index in [0.29, 0.717) is 21.2 Å². The number of imide groups is 1. The fourth-order valence-electron chi connectivity index (χ4n) is 5.22. The van der Waals surface area contributed by atoms with Crippen LogP contribution >= 0.6 is 23.1 Å². The second kappa shape index (κ2) is 10.8. The van der Waals surface area contributed by atoms with E-state index in [1.165, 1.54) is 12.1 Å². The molecular weight excluding hydrogens is 591 g/mol. The molecule has 2 aliphatic rings. The molecule has 42 heavy (non-hydrogen) atoms. The van der Waals surface area contributed by atoms with Gasteiger partial charge in [0, 0.05) is 16.4 Å². The first kappa shape index (κ1) is 27.8. The Morgan fingerprint density at radius 3 is 2.38 bits per heavy atom. The Balaban J connectivity index is 1.32. The third-order valence-corrected chi connectivity index (χ3v) is 9.36. The summed E-state index contributed by atoms with van der Waals surface area (Å²) in [5.41, 5.74) is -0.508. The molecule has 4 aromatic rings. The maximum Gasteiger partial charge on any atom is 0.418 e. The fraction of sp³-hybridized carbons (Fsp3) is 0.172. The van der Waals surface area contributed by atoms with Crippen LogP contribution in [0.15, 0.2) is 88.7 Å². The lowest BCUT2D eigenvalue weighted by molar-refractivity contribution is -0.137. The molecule has 1 aromatic heterocycles. The quantitative estimate of drug-likeness (QED) is 0.288. The zero-order chi connectivity index (χ0) is 29.6. The fourth-order valence-corrected chi connectivity index (χ4v) is 7.73. The molecule has 0 radical (unpaired) electrons. The number of rotatable bonds is 6. The minimum Gasteiger partial charge on any atom is -0.483 e. The lowest BCUT2D eigenvalue weighted by Gasteiger charge is -2.30. The van der Waals surface area contributed by atoms with Crippen LogP contribution in [-0.2, 0) is 20.6 Å². The van der Waals surface area contributed by atoms with Gasteiger partial charge in [0.25, 0.3) is 5.91 Å². The second-order valence-electron chi connectivity index (χ2n) is 9.52. The minimum absolute atomic E-state index is 0.192. The van der Waals surface area contributed by atoms with Gasteiger partial charge in [0.2, 0.25) is 11.8 Å².